The summed E-state index contributed by atoms with van der Waals surface area (Å²) in [6, 6.07) is 5.17. The highest BCUT2D eigenvalue weighted by Crippen LogP contribution is 2.30. The number of amides is 1. The molecular formula is C23H29N3O4S. The van der Waals surface area contributed by atoms with Gasteiger partial charge in [-0.1, -0.05) is 13.3 Å². The molecule has 2 heterocycles. The molecule has 1 aromatic carbocycles. The maximum absolute atomic E-state index is 13.2. The van der Waals surface area contributed by atoms with Crippen LogP contribution in [0, 0.1) is 13.8 Å². The van der Waals surface area contributed by atoms with Crippen molar-refractivity contribution in [2.75, 3.05) is 0 Å². The fourth-order valence-electron chi connectivity index (χ4n) is 4.00. The summed E-state index contributed by atoms with van der Waals surface area (Å²) in [6.07, 6.45) is 3.58. The molecular weight excluding hydrogens is 414 g/mol. The lowest BCUT2D eigenvalue weighted by Crippen LogP contribution is -2.28. The Morgan fingerprint density at radius 2 is 1.97 bits per heavy atom. The first-order valence-corrected chi connectivity index (χ1v) is 11.5. The Bertz CT molecular complexity index is 1220. The van der Waals surface area contributed by atoms with E-state index in [4.69, 9.17) is 0 Å². The fraction of sp³-hybridized carbons (Fsp3) is 0.391. The Balaban J connectivity index is 2.04. The van der Waals surface area contributed by atoms with Gasteiger partial charge >= 0.3 is 0 Å². The molecule has 8 heteroatoms. The fourth-order valence-corrected chi connectivity index (χ4v) is 4.44. The van der Waals surface area contributed by atoms with Crippen molar-refractivity contribution in [2.24, 2.45) is 0 Å². The zero-order valence-electron chi connectivity index (χ0n) is 18.5. The highest BCUT2D eigenvalue weighted by Gasteiger charge is 2.20. The number of carbonyl (C=O) groups excluding carboxylic acids is 1. The largest absolute Gasteiger partial charge is 0.348 e. The standard InChI is InChI=1S/C23H29N3O4S/c1-6-7-16-8-15(5)25-23(28)19(16)11-24-22(27)18-9-17(31(29)30)10-20-21(18)14(4)12-26(20)13(2)3/h8-10,12-13H,6-7,11H2,1-5H3,(H,24,27)(H,25,28)(H,29,30). The maximum Gasteiger partial charge on any atom is 0.253 e. The Labute approximate surface area is 184 Å². The van der Waals surface area contributed by atoms with Gasteiger partial charge in [0.05, 0.1) is 16.0 Å². The van der Waals surface area contributed by atoms with Gasteiger partial charge < -0.3 is 19.4 Å². The number of aromatic nitrogens is 2. The van der Waals surface area contributed by atoms with Crippen LogP contribution in [-0.4, -0.2) is 24.2 Å². The van der Waals surface area contributed by atoms with Crippen LogP contribution in [0.2, 0.25) is 0 Å². The predicted octanol–water partition coefficient (Wildman–Crippen LogP) is 3.99. The van der Waals surface area contributed by atoms with E-state index in [2.05, 4.69) is 10.3 Å². The molecule has 0 bridgehead atoms. The summed E-state index contributed by atoms with van der Waals surface area (Å²) < 4.78 is 23.5. The summed E-state index contributed by atoms with van der Waals surface area (Å²) in [5.74, 6) is -0.385. The van der Waals surface area contributed by atoms with Crippen molar-refractivity contribution in [1.82, 2.24) is 14.9 Å². The second kappa shape index (κ2) is 9.20. The van der Waals surface area contributed by atoms with Crippen molar-refractivity contribution in [3.8, 4) is 0 Å². The lowest BCUT2D eigenvalue weighted by atomic mass is 10.0. The zero-order valence-corrected chi connectivity index (χ0v) is 19.4. The van der Waals surface area contributed by atoms with E-state index in [1.165, 1.54) is 6.07 Å². The number of hydrogen-bond acceptors (Lipinski definition) is 3. The first kappa shape index (κ1) is 23.0. The van der Waals surface area contributed by atoms with Crippen molar-refractivity contribution in [3.63, 3.8) is 0 Å². The normalized spacial score (nSPS) is 12.5. The third-order valence-electron chi connectivity index (χ3n) is 5.41. The van der Waals surface area contributed by atoms with E-state index in [0.29, 0.717) is 11.1 Å². The van der Waals surface area contributed by atoms with Crippen molar-refractivity contribution in [2.45, 2.75) is 64.9 Å². The molecule has 0 radical (unpaired) electrons. The van der Waals surface area contributed by atoms with Crippen LogP contribution in [0.4, 0.5) is 0 Å². The summed E-state index contributed by atoms with van der Waals surface area (Å²) in [7, 11) is 0. The third kappa shape index (κ3) is 4.65. The number of nitrogens with one attached hydrogen (secondary N) is 2. The average Bonchev–Trinajstić information content (AvgIpc) is 3.03. The van der Waals surface area contributed by atoms with Crippen LogP contribution in [0.3, 0.4) is 0 Å². The van der Waals surface area contributed by atoms with Gasteiger partial charge in [0.1, 0.15) is 0 Å². The maximum atomic E-state index is 13.2. The van der Waals surface area contributed by atoms with Crippen LogP contribution < -0.4 is 10.9 Å². The molecule has 0 aliphatic rings. The molecule has 3 aromatic rings. The van der Waals surface area contributed by atoms with E-state index in [0.717, 1.165) is 40.6 Å². The van der Waals surface area contributed by atoms with Gasteiger partial charge in [-0.25, -0.2) is 4.21 Å². The number of rotatable bonds is 7. The summed E-state index contributed by atoms with van der Waals surface area (Å²) in [4.78, 5) is 28.6. The van der Waals surface area contributed by atoms with Crippen LogP contribution in [0.5, 0.6) is 0 Å². The minimum Gasteiger partial charge on any atom is -0.348 e. The van der Waals surface area contributed by atoms with Crippen molar-refractivity contribution >= 4 is 27.9 Å². The molecule has 1 amide bonds. The summed E-state index contributed by atoms with van der Waals surface area (Å²) in [6.45, 7) is 9.90. The quantitative estimate of drug-likeness (QED) is 0.480. The highest BCUT2D eigenvalue weighted by atomic mass is 32.2. The van der Waals surface area contributed by atoms with Gasteiger partial charge in [-0.2, -0.15) is 0 Å². The minimum atomic E-state index is -2.22. The predicted molar refractivity (Wildman–Crippen MR) is 123 cm³/mol. The van der Waals surface area contributed by atoms with Crippen molar-refractivity contribution < 1.29 is 13.6 Å². The monoisotopic (exact) mass is 443 g/mol. The van der Waals surface area contributed by atoms with E-state index < -0.39 is 11.1 Å². The molecule has 0 saturated heterocycles. The second-order valence-corrected chi connectivity index (χ2v) is 9.11. The van der Waals surface area contributed by atoms with Crippen molar-refractivity contribution in [3.05, 3.63) is 62.7 Å². The molecule has 1 atom stereocenters. The van der Waals surface area contributed by atoms with Crippen LogP contribution in [0.25, 0.3) is 10.9 Å². The van der Waals surface area contributed by atoms with E-state index in [1.807, 2.05) is 51.4 Å². The van der Waals surface area contributed by atoms with Gasteiger partial charge in [0.25, 0.3) is 11.5 Å². The number of aryl methyl sites for hydroxylation is 3. The SMILES string of the molecule is CCCc1cc(C)[nH]c(=O)c1CNC(=O)c1cc(S(=O)O)cc2c1c(C)cn2C(C)C. The number of benzene rings is 1. The third-order valence-corrected chi connectivity index (χ3v) is 6.05. The Kier molecular flexibility index (Phi) is 6.81. The molecule has 166 valence electrons. The number of H-pyrrole nitrogens is 1. The molecule has 0 saturated carbocycles. The summed E-state index contributed by atoms with van der Waals surface area (Å²) >= 11 is -2.22. The smallest absolute Gasteiger partial charge is 0.253 e. The Morgan fingerprint density at radius 3 is 2.58 bits per heavy atom. The minimum absolute atomic E-state index is 0.0850. The topological polar surface area (TPSA) is 104 Å². The molecule has 0 aliphatic carbocycles. The van der Waals surface area contributed by atoms with E-state index in [9.17, 15) is 18.4 Å². The number of fused-ring (bicyclic) bond motifs is 1. The van der Waals surface area contributed by atoms with E-state index in [1.54, 1.807) is 6.07 Å². The average molecular weight is 444 g/mol. The van der Waals surface area contributed by atoms with Gasteiger partial charge in [-0.3, -0.25) is 9.59 Å². The molecule has 0 aliphatic heterocycles. The van der Waals surface area contributed by atoms with Crippen LogP contribution >= 0.6 is 0 Å². The molecule has 7 nitrogen and oxygen atoms in total. The number of pyridine rings is 1. The lowest BCUT2D eigenvalue weighted by Gasteiger charge is -2.13. The number of nitrogens with zero attached hydrogens (tertiary/aromatic N) is 1. The van der Waals surface area contributed by atoms with Gasteiger partial charge in [0.15, 0.2) is 11.1 Å². The second-order valence-electron chi connectivity index (χ2n) is 8.15. The zero-order chi connectivity index (χ0) is 22.9. The van der Waals surface area contributed by atoms with Gasteiger partial charge in [-0.15, -0.1) is 0 Å². The summed E-state index contributed by atoms with van der Waals surface area (Å²) in [5.41, 5.74) is 4.00. The van der Waals surface area contributed by atoms with Crippen LogP contribution in [0.15, 0.2) is 34.1 Å². The van der Waals surface area contributed by atoms with Gasteiger partial charge in [0, 0.05) is 35.4 Å². The van der Waals surface area contributed by atoms with Crippen LogP contribution in [0.1, 0.15) is 66.0 Å². The number of aromatic amines is 1. The molecule has 0 fully saturated rings. The van der Waals surface area contributed by atoms with E-state index in [-0.39, 0.29) is 28.9 Å². The molecule has 2 aromatic heterocycles. The van der Waals surface area contributed by atoms with Crippen molar-refractivity contribution in [1.29, 1.82) is 0 Å². The van der Waals surface area contributed by atoms with Crippen LogP contribution in [-0.2, 0) is 24.0 Å². The Hall–Kier alpha value is -2.71. The molecule has 3 N–H and O–H groups in total. The molecule has 3 rings (SSSR count). The lowest BCUT2D eigenvalue weighted by molar-refractivity contribution is 0.0952. The summed E-state index contributed by atoms with van der Waals surface area (Å²) in [5, 5.41) is 3.59. The number of carbonyl (C=O) groups is 1. The molecule has 0 spiro atoms. The van der Waals surface area contributed by atoms with Gasteiger partial charge in [0.2, 0.25) is 0 Å². The highest BCUT2D eigenvalue weighted by molar-refractivity contribution is 7.79. The Morgan fingerprint density at radius 1 is 1.26 bits per heavy atom. The molecule has 1 unspecified atom stereocenters. The first-order chi connectivity index (χ1) is 14.6. The van der Waals surface area contributed by atoms with E-state index >= 15 is 0 Å². The van der Waals surface area contributed by atoms with Gasteiger partial charge in [-0.05, 0) is 63.4 Å². The number of hydrogen-bond donors (Lipinski definition) is 3. The molecule has 31 heavy (non-hydrogen) atoms. The first-order valence-electron chi connectivity index (χ1n) is 10.4.